The van der Waals surface area contributed by atoms with Gasteiger partial charge in [0.2, 0.25) is 0 Å². The highest BCUT2D eigenvalue weighted by molar-refractivity contribution is 6.30. The molecule has 2 heterocycles. The van der Waals surface area contributed by atoms with E-state index in [4.69, 9.17) is 16.3 Å². The number of hydrogen-bond acceptors (Lipinski definition) is 4. The fourth-order valence-corrected chi connectivity index (χ4v) is 3.60. The summed E-state index contributed by atoms with van der Waals surface area (Å²) in [5, 5.41) is 10.7. The van der Waals surface area contributed by atoms with Crippen LogP contribution in [0.2, 0.25) is 5.02 Å². The minimum Gasteiger partial charge on any atom is -0.373 e. The van der Waals surface area contributed by atoms with Crippen molar-refractivity contribution in [3.63, 3.8) is 0 Å². The third kappa shape index (κ3) is 4.69. The smallest absolute Gasteiger partial charge is 0.255 e. The number of H-pyrrole nitrogens is 1. The number of aromatic nitrogens is 2. The molecule has 1 aliphatic rings. The van der Waals surface area contributed by atoms with Crippen LogP contribution in [0.25, 0.3) is 11.3 Å². The molecule has 0 aliphatic carbocycles. The maximum Gasteiger partial charge on any atom is 0.255 e. The van der Waals surface area contributed by atoms with Gasteiger partial charge in [-0.2, -0.15) is 5.10 Å². The summed E-state index contributed by atoms with van der Waals surface area (Å²) in [4.78, 5) is 15.2. The van der Waals surface area contributed by atoms with Gasteiger partial charge in [0.25, 0.3) is 5.91 Å². The predicted octanol–water partition coefficient (Wildman–Crippen LogP) is 3.35. The number of carbonyl (C=O) groups excluding carboxylic acids is 1. The first-order chi connectivity index (χ1) is 12.8. The molecular weight excluding hydrogens is 364 g/mol. The minimum absolute atomic E-state index is 0.142. The summed E-state index contributed by atoms with van der Waals surface area (Å²) in [6.07, 6.45) is 1.94. The van der Waals surface area contributed by atoms with Crippen molar-refractivity contribution in [3.05, 3.63) is 41.0 Å². The van der Waals surface area contributed by atoms with Crippen molar-refractivity contribution in [2.45, 2.75) is 45.4 Å². The molecule has 2 aromatic rings. The van der Waals surface area contributed by atoms with Gasteiger partial charge >= 0.3 is 0 Å². The summed E-state index contributed by atoms with van der Waals surface area (Å²) in [7, 11) is 0. The highest BCUT2D eigenvalue weighted by atomic mass is 35.5. The Kier molecular flexibility index (Phi) is 5.89. The number of rotatable bonds is 5. The Bertz CT molecular complexity index is 778. The molecule has 2 N–H and O–H groups in total. The van der Waals surface area contributed by atoms with Crippen LogP contribution in [0.15, 0.2) is 30.5 Å². The molecule has 2 unspecified atom stereocenters. The first-order valence-electron chi connectivity index (χ1n) is 9.24. The zero-order valence-electron chi connectivity index (χ0n) is 16.3. The standard InChI is InChI=1S/C20H27ClN4O2/c1-13-10-25(11-14(2)27-13)20(3,4)12-22-19(26)17-9-23-24-18(17)15-5-7-16(21)8-6-15/h5-9,13-14H,10-12H2,1-4H3,(H,22,26)(H,23,24). The van der Waals surface area contributed by atoms with Crippen LogP contribution >= 0.6 is 11.6 Å². The van der Waals surface area contributed by atoms with E-state index in [1.165, 1.54) is 0 Å². The molecule has 1 aromatic carbocycles. The topological polar surface area (TPSA) is 70.2 Å². The molecule has 1 aliphatic heterocycles. The second-order valence-corrected chi connectivity index (χ2v) is 8.26. The van der Waals surface area contributed by atoms with Crippen LogP contribution in [-0.2, 0) is 4.74 Å². The average molecular weight is 391 g/mol. The zero-order chi connectivity index (χ0) is 19.6. The molecular formula is C20H27ClN4O2. The fourth-order valence-electron chi connectivity index (χ4n) is 3.47. The molecule has 1 amide bonds. The summed E-state index contributed by atoms with van der Waals surface area (Å²) < 4.78 is 5.82. The second kappa shape index (κ2) is 8.00. The van der Waals surface area contributed by atoms with Crippen LogP contribution in [-0.4, -0.2) is 58.4 Å². The molecule has 0 spiro atoms. The number of nitrogens with one attached hydrogen (secondary N) is 2. The van der Waals surface area contributed by atoms with Gasteiger partial charge in [-0.25, -0.2) is 0 Å². The largest absolute Gasteiger partial charge is 0.373 e. The van der Waals surface area contributed by atoms with E-state index in [-0.39, 0.29) is 23.7 Å². The van der Waals surface area contributed by atoms with Crippen LogP contribution in [0.1, 0.15) is 38.1 Å². The number of halogens is 1. The van der Waals surface area contributed by atoms with E-state index in [1.54, 1.807) is 18.3 Å². The van der Waals surface area contributed by atoms with Gasteiger partial charge in [0.1, 0.15) is 0 Å². The molecule has 2 atom stereocenters. The molecule has 1 aromatic heterocycles. The van der Waals surface area contributed by atoms with E-state index in [2.05, 4.69) is 48.1 Å². The average Bonchev–Trinajstić information content (AvgIpc) is 3.09. The SMILES string of the molecule is CC1CN(C(C)(C)CNC(=O)c2cn[nH]c2-c2ccc(Cl)cc2)CC(C)O1. The first kappa shape index (κ1) is 19.9. The van der Waals surface area contributed by atoms with Crippen molar-refractivity contribution >= 4 is 17.5 Å². The van der Waals surface area contributed by atoms with Gasteiger partial charge in [-0.15, -0.1) is 0 Å². The number of hydrogen-bond donors (Lipinski definition) is 2. The second-order valence-electron chi connectivity index (χ2n) is 7.82. The van der Waals surface area contributed by atoms with Crippen LogP contribution < -0.4 is 5.32 Å². The summed E-state index contributed by atoms with van der Waals surface area (Å²) in [6.45, 7) is 10.7. The molecule has 7 heteroatoms. The lowest BCUT2D eigenvalue weighted by Crippen LogP contribution is -2.58. The number of nitrogens with zero attached hydrogens (tertiary/aromatic N) is 2. The van der Waals surface area contributed by atoms with Crippen LogP contribution in [0.4, 0.5) is 0 Å². The van der Waals surface area contributed by atoms with Gasteiger partial charge in [0.15, 0.2) is 0 Å². The molecule has 27 heavy (non-hydrogen) atoms. The molecule has 1 saturated heterocycles. The van der Waals surface area contributed by atoms with Gasteiger partial charge in [-0.1, -0.05) is 23.7 Å². The maximum absolute atomic E-state index is 12.8. The fraction of sp³-hybridized carbons (Fsp3) is 0.500. The Morgan fingerprint density at radius 3 is 2.56 bits per heavy atom. The van der Waals surface area contributed by atoms with E-state index in [9.17, 15) is 4.79 Å². The zero-order valence-corrected chi connectivity index (χ0v) is 17.0. The summed E-state index contributed by atoms with van der Waals surface area (Å²) in [5.41, 5.74) is 1.91. The minimum atomic E-state index is -0.174. The molecule has 146 valence electrons. The van der Waals surface area contributed by atoms with Crippen LogP contribution in [0.5, 0.6) is 0 Å². The Balaban J connectivity index is 1.68. The van der Waals surface area contributed by atoms with E-state index < -0.39 is 0 Å². The van der Waals surface area contributed by atoms with Crippen molar-refractivity contribution in [1.82, 2.24) is 20.4 Å². The normalized spacial score (nSPS) is 21.2. The maximum atomic E-state index is 12.8. The highest BCUT2D eigenvalue weighted by Crippen LogP contribution is 2.24. The summed E-state index contributed by atoms with van der Waals surface area (Å²) >= 11 is 5.95. The predicted molar refractivity (Wildman–Crippen MR) is 107 cm³/mol. The van der Waals surface area contributed by atoms with E-state index in [0.717, 1.165) is 18.7 Å². The Labute approximate surface area is 165 Å². The lowest BCUT2D eigenvalue weighted by atomic mass is 9.99. The molecule has 0 bridgehead atoms. The number of aromatic amines is 1. The van der Waals surface area contributed by atoms with E-state index >= 15 is 0 Å². The van der Waals surface area contributed by atoms with Crippen LogP contribution in [0.3, 0.4) is 0 Å². The number of amides is 1. The number of ether oxygens (including phenoxy) is 1. The first-order valence-corrected chi connectivity index (χ1v) is 9.62. The third-order valence-electron chi connectivity index (χ3n) is 4.97. The van der Waals surface area contributed by atoms with Crippen molar-refractivity contribution in [2.24, 2.45) is 0 Å². The monoisotopic (exact) mass is 390 g/mol. The summed E-state index contributed by atoms with van der Waals surface area (Å²) in [5.74, 6) is -0.142. The molecule has 0 saturated carbocycles. The molecule has 1 fully saturated rings. The lowest BCUT2D eigenvalue weighted by molar-refractivity contribution is -0.0948. The van der Waals surface area contributed by atoms with Gasteiger partial charge < -0.3 is 10.1 Å². The Morgan fingerprint density at radius 1 is 1.30 bits per heavy atom. The molecule has 0 radical (unpaired) electrons. The van der Waals surface area contributed by atoms with Gasteiger partial charge in [-0.05, 0) is 39.8 Å². The van der Waals surface area contributed by atoms with Crippen molar-refractivity contribution in [3.8, 4) is 11.3 Å². The van der Waals surface area contributed by atoms with E-state index in [0.29, 0.717) is 22.8 Å². The van der Waals surface area contributed by atoms with Crippen molar-refractivity contribution < 1.29 is 9.53 Å². The third-order valence-corrected chi connectivity index (χ3v) is 5.23. The quantitative estimate of drug-likeness (QED) is 0.821. The number of benzene rings is 1. The molecule has 6 nitrogen and oxygen atoms in total. The summed E-state index contributed by atoms with van der Waals surface area (Å²) in [6, 6.07) is 7.33. The number of morpholine rings is 1. The van der Waals surface area contributed by atoms with Crippen LogP contribution in [0, 0.1) is 0 Å². The highest BCUT2D eigenvalue weighted by Gasteiger charge is 2.33. The van der Waals surface area contributed by atoms with E-state index in [1.807, 2.05) is 12.1 Å². The Hall–Kier alpha value is -1.89. The van der Waals surface area contributed by atoms with Gasteiger partial charge in [0.05, 0.1) is 29.7 Å². The van der Waals surface area contributed by atoms with Crippen molar-refractivity contribution in [1.29, 1.82) is 0 Å². The molecule has 3 rings (SSSR count). The van der Waals surface area contributed by atoms with Crippen molar-refractivity contribution in [2.75, 3.05) is 19.6 Å². The Morgan fingerprint density at radius 2 is 1.93 bits per heavy atom. The lowest BCUT2D eigenvalue weighted by Gasteiger charge is -2.45. The van der Waals surface area contributed by atoms with Gasteiger partial charge in [-0.3, -0.25) is 14.8 Å². The van der Waals surface area contributed by atoms with Gasteiger partial charge in [0, 0.05) is 35.8 Å². The number of carbonyl (C=O) groups is 1.